The minimum atomic E-state index is -1.42. The van der Waals surface area contributed by atoms with Gasteiger partial charge in [0.25, 0.3) is 0 Å². The summed E-state index contributed by atoms with van der Waals surface area (Å²) in [6.45, 7) is 0.168. The number of anilines is 1. The molecule has 1 N–H and O–H groups in total. The molecule has 4 aromatic rings. The second-order valence-electron chi connectivity index (χ2n) is 13.4. The standard InChI is InChI=1S/C40H32ClIN2O6/c1-50-32-18-23(17-31(42)35(32)45)34-27-15-16-28-33(38(48)43(36(28)46)21-22-9-4-2-5-10-22)29(27)20-30-37(47)44(26-14-8-13-25(41)19-26)39(49)40(30,34)24-11-6-3-7-12-24/h2-15,17-19,28-30,33-34,45H,16,20-21H2,1H3/t28-,29+,30-,33-,34-,40+/m0/s1. The zero-order valence-corrected chi connectivity index (χ0v) is 29.9. The average molecular weight is 799 g/mol. The molecule has 2 saturated heterocycles. The monoisotopic (exact) mass is 798 g/mol. The van der Waals surface area contributed by atoms with Crippen molar-refractivity contribution in [3.05, 3.63) is 134 Å². The molecule has 0 unspecified atom stereocenters. The fourth-order valence-corrected chi connectivity index (χ4v) is 9.83. The molecule has 4 amide bonds. The molecule has 4 aliphatic rings. The van der Waals surface area contributed by atoms with E-state index in [1.807, 2.05) is 95.4 Å². The van der Waals surface area contributed by atoms with E-state index < -0.39 is 40.9 Å². The third kappa shape index (κ3) is 4.76. The van der Waals surface area contributed by atoms with Gasteiger partial charge in [-0.15, -0.1) is 0 Å². The predicted octanol–water partition coefficient (Wildman–Crippen LogP) is 7.02. The van der Waals surface area contributed by atoms with Crippen molar-refractivity contribution in [3.63, 3.8) is 0 Å². The number of carbonyl (C=O) groups is 4. The normalized spacial score (nSPS) is 27.2. The molecule has 0 aromatic heterocycles. The molecule has 6 atom stereocenters. The van der Waals surface area contributed by atoms with Gasteiger partial charge in [-0.25, -0.2) is 4.90 Å². The van der Waals surface area contributed by atoms with Gasteiger partial charge in [0, 0.05) is 10.9 Å². The lowest BCUT2D eigenvalue weighted by atomic mass is 9.49. The quantitative estimate of drug-likeness (QED) is 0.128. The third-order valence-electron chi connectivity index (χ3n) is 11.0. The maximum Gasteiger partial charge on any atom is 0.246 e. The van der Waals surface area contributed by atoms with E-state index in [-0.39, 0.29) is 42.2 Å². The van der Waals surface area contributed by atoms with Crippen molar-refractivity contribution in [2.75, 3.05) is 12.0 Å². The molecule has 50 heavy (non-hydrogen) atoms. The summed E-state index contributed by atoms with van der Waals surface area (Å²) < 4.78 is 6.12. The Morgan fingerprint density at radius 2 is 1.60 bits per heavy atom. The summed E-state index contributed by atoms with van der Waals surface area (Å²) in [5.74, 6) is -4.43. The van der Waals surface area contributed by atoms with Gasteiger partial charge in [0.05, 0.1) is 46.1 Å². The molecule has 1 saturated carbocycles. The van der Waals surface area contributed by atoms with Gasteiger partial charge in [0.15, 0.2) is 11.5 Å². The van der Waals surface area contributed by atoms with Crippen molar-refractivity contribution in [1.82, 2.24) is 4.90 Å². The molecule has 2 heterocycles. The summed E-state index contributed by atoms with van der Waals surface area (Å²) in [6, 6.07) is 29.0. The van der Waals surface area contributed by atoms with Gasteiger partial charge in [0.1, 0.15) is 0 Å². The first kappa shape index (κ1) is 32.7. The van der Waals surface area contributed by atoms with Crippen LogP contribution < -0.4 is 9.64 Å². The van der Waals surface area contributed by atoms with Crippen LogP contribution in [0.4, 0.5) is 5.69 Å². The number of ether oxygens (including phenoxy) is 1. The summed E-state index contributed by atoms with van der Waals surface area (Å²) in [5.41, 5.74) is 1.97. The number of likely N-dealkylation sites (tertiary alicyclic amines) is 1. The maximum absolute atomic E-state index is 15.4. The number of aromatic hydroxyl groups is 1. The lowest BCUT2D eigenvalue weighted by Gasteiger charge is -2.50. The van der Waals surface area contributed by atoms with Crippen molar-refractivity contribution in [1.29, 1.82) is 0 Å². The van der Waals surface area contributed by atoms with Crippen LogP contribution in [0.3, 0.4) is 0 Å². The third-order valence-corrected chi connectivity index (χ3v) is 12.1. The number of imide groups is 2. The van der Waals surface area contributed by atoms with Crippen LogP contribution in [0, 0.1) is 27.2 Å². The molecule has 10 heteroatoms. The van der Waals surface area contributed by atoms with E-state index in [4.69, 9.17) is 16.3 Å². The summed E-state index contributed by atoms with van der Waals surface area (Å²) in [6.07, 6.45) is 2.55. The predicted molar refractivity (Wildman–Crippen MR) is 195 cm³/mol. The van der Waals surface area contributed by atoms with Crippen LogP contribution in [0.5, 0.6) is 11.5 Å². The first-order chi connectivity index (χ1) is 24.2. The Morgan fingerprint density at radius 1 is 0.880 bits per heavy atom. The molecular weight excluding hydrogens is 767 g/mol. The fraction of sp³-hybridized carbons (Fsp3) is 0.250. The highest BCUT2D eigenvalue weighted by molar-refractivity contribution is 14.1. The Morgan fingerprint density at radius 3 is 2.30 bits per heavy atom. The number of allylic oxidation sites excluding steroid dienone is 2. The Bertz CT molecular complexity index is 2110. The minimum absolute atomic E-state index is 0.0327. The highest BCUT2D eigenvalue weighted by Gasteiger charge is 2.70. The fourth-order valence-electron chi connectivity index (χ4n) is 9.02. The number of halogens is 2. The number of methoxy groups -OCH3 is 1. The van der Waals surface area contributed by atoms with Gasteiger partial charge in [-0.1, -0.05) is 90.0 Å². The van der Waals surface area contributed by atoms with E-state index in [1.54, 1.807) is 30.3 Å². The largest absolute Gasteiger partial charge is 0.504 e. The molecular formula is C40H32ClIN2O6. The molecule has 4 aromatic carbocycles. The van der Waals surface area contributed by atoms with Crippen LogP contribution in [0.2, 0.25) is 5.02 Å². The second kappa shape index (κ2) is 12.4. The average Bonchev–Trinajstić information content (AvgIpc) is 3.50. The highest BCUT2D eigenvalue weighted by Crippen LogP contribution is 2.65. The lowest BCUT2D eigenvalue weighted by molar-refractivity contribution is -0.141. The number of hydrogen-bond acceptors (Lipinski definition) is 6. The number of amides is 4. The number of phenolic OH excluding ortho intramolecular Hbond substituents is 1. The van der Waals surface area contributed by atoms with Crippen molar-refractivity contribution in [3.8, 4) is 11.5 Å². The van der Waals surface area contributed by atoms with Crippen molar-refractivity contribution < 1.29 is 29.0 Å². The van der Waals surface area contributed by atoms with Crippen LogP contribution in [-0.2, 0) is 31.1 Å². The van der Waals surface area contributed by atoms with Gasteiger partial charge in [-0.3, -0.25) is 24.1 Å². The topological polar surface area (TPSA) is 104 Å². The van der Waals surface area contributed by atoms with E-state index >= 15 is 4.79 Å². The van der Waals surface area contributed by atoms with Crippen LogP contribution in [-0.4, -0.2) is 40.7 Å². The van der Waals surface area contributed by atoms with Gasteiger partial charge in [-0.2, -0.15) is 0 Å². The van der Waals surface area contributed by atoms with Crippen LogP contribution in [0.25, 0.3) is 0 Å². The van der Waals surface area contributed by atoms with Crippen molar-refractivity contribution in [2.24, 2.45) is 23.7 Å². The zero-order chi connectivity index (χ0) is 34.9. The summed E-state index contributed by atoms with van der Waals surface area (Å²) in [5, 5.41) is 11.3. The zero-order valence-electron chi connectivity index (χ0n) is 27.0. The highest BCUT2D eigenvalue weighted by atomic mass is 127. The number of benzene rings is 4. The number of rotatable bonds is 6. The Hall–Kier alpha value is -4.48. The van der Waals surface area contributed by atoms with Gasteiger partial charge < -0.3 is 9.84 Å². The summed E-state index contributed by atoms with van der Waals surface area (Å²) >= 11 is 8.44. The van der Waals surface area contributed by atoms with E-state index in [9.17, 15) is 19.5 Å². The molecule has 8 nitrogen and oxygen atoms in total. The Kier molecular flexibility index (Phi) is 8.10. The van der Waals surface area contributed by atoms with E-state index in [0.717, 1.165) is 11.1 Å². The van der Waals surface area contributed by atoms with Crippen molar-refractivity contribution >= 4 is 63.5 Å². The number of fused-ring (bicyclic) bond motifs is 4. The lowest BCUT2D eigenvalue weighted by Crippen LogP contribution is -2.53. The van der Waals surface area contributed by atoms with E-state index in [2.05, 4.69) is 0 Å². The number of hydrogen-bond donors (Lipinski definition) is 1. The smallest absolute Gasteiger partial charge is 0.246 e. The van der Waals surface area contributed by atoms with Crippen LogP contribution in [0.1, 0.15) is 35.4 Å². The first-order valence-electron chi connectivity index (χ1n) is 16.5. The van der Waals surface area contributed by atoms with Gasteiger partial charge in [0.2, 0.25) is 23.6 Å². The van der Waals surface area contributed by atoms with Gasteiger partial charge in [-0.05, 0) is 88.4 Å². The molecule has 3 fully saturated rings. The molecule has 0 spiro atoms. The number of carbonyl (C=O) groups excluding carboxylic acids is 4. The molecule has 2 aliphatic heterocycles. The van der Waals surface area contributed by atoms with Crippen LogP contribution in [0.15, 0.2) is 109 Å². The Balaban J connectivity index is 1.35. The molecule has 252 valence electrons. The Labute approximate surface area is 307 Å². The minimum Gasteiger partial charge on any atom is -0.504 e. The van der Waals surface area contributed by atoms with E-state index in [1.165, 1.54) is 16.9 Å². The van der Waals surface area contributed by atoms with Crippen LogP contribution >= 0.6 is 34.2 Å². The van der Waals surface area contributed by atoms with Crippen molar-refractivity contribution in [2.45, 2.75) is 30.7 Å². The summed E-state index contributed by atoms with van der Waals surface area (Å²) in [4.78, 5) is 61.2. The van der Waals surface area contributed by atoms with Gasteiger partial charge >= 0.3 is 0 Å². The van der Waals surface area contributed by atoms with E-state index in [0.29, 0.717) is 31.8 Å². The molecule has 2 aliphatic carbocycles. The first-order valence-corrected chi connectivity index (χ1v) is 18.0. The molecule has 0 bridgehead atoms. The summed E-state index contributed by atoms with van der Waals surface area (Å²) in [7, 11) is 1.47. The SMILES string of the molecule is COc1cc([C@H]2C3=CC[C@@H]4C(=O)N(Cc5ccccc5)C(=O)[C@@H]4[C@@H]3C[C@H]3C(=O)N(c4cccc(Cl)c4)C(=O)[C@@]23c2ccccc2)cc(I)c1O. The second-order valence-corrected chi connectivity index (χ2v) is 15.0. The molecule has 8 rings (SSSR count). The number of nitrogens with zero attached hydrogens (tertiary/aromatic N) is 2. The maximum atomic E-state index is 15.4. The number of phenols is 1. The molecule has 0 radical (unpaired) electrons.